The summed E-state index contributed by atoms with van der Waals surface area (Å²) in [6, 6.07) is 4.10. The van der Waals surface area contributed by atoms with Crippen molar-refractivity contribution in [3.8, 4) is 5.88 Å². The predicted molar refractivity (Wildman–Crippen MR) is 111 cm³/mol. The lowest BCUT2D eigenvalue weighted by molar-refractivity contribution is 0.0963. The summed E-state index contributed by atoms with van der Waals surface area (Å²) in [6.07, 6.45) is 3.22. The van der Waals surface area contributed by atoms with E-state index in [0.717, 1.165) is 24.4 Å². The van der Waals surface area contributed by atoms with Crippen LogP contribution < -0.4 is 15.4 Å². The van der Waals surface area contributed by atoms with E-state index in [1.807, 2.05) is 19.1 Å². The fourth-order valence-electron chi connectivity index (χ4n) is 2.67. The number of aliphatic imine (C=N–C) groups is 1. The molecule has 26 heavy (non-hydrogen) atoms. The highest BCUT2D eigenvalue weighted by atomic mass is 127. The normalized spacial score (nSPS) is 15.0. The number of hydrogen-bond acceptors (Lipinski definition) is 5. The van der Waals surface area contributed by atoms with Gasteiger partial charge in [0.05, 0.1) is 13.7 Å². The first-order valence-electron chi connectivity index (χ1n) is 8.54. The third-order valence-electron chi connectivity index (χ3n) is 4.05. The summed E-state index contributed by atoms with van der Waals surface area (Å²) in [5.74, 6) is 1.33. The van der Waals surface area contributed by atoms with Gasteiger partial charge in [-0.1, -0.05) is 0 Å². The van der Waals surface area contributed by atoms with Gasteiger partial charge in [-0.05, 0) is 31.4 Å². The Hall–Kier alpha value is -1.78. The van der Waals surface area contributed by atoms with Gasteiger partial charge < -0.3 is 25.0 Å². The second-order valence-electron chi connectivity index (χ2n) is 5.74. The molecule has 2 rings (SSSR count). The summed E-state index contributed by atoms with van der Waals surface area (Å²) in [7, 11) is 3.35. The van der Waals surface area contributed by atoms with Gasteiger partial charge in [-0.3, -0.25) is 4.99 Å². The number of nitrogens with zero attached hydrogens (tertiary/aromatic N) is 3. The van der Waals surface area contributed by atoms with Crippen molar-refractivity contribution in [2.45, 2.75) is 32.4 Å². The van der Waals surface area contributed by atoms with Crippen LogP contribution in [0.15, 0.2) is 23.3 Å². The fourth-order valence-corrected chi connectivity index (χ4v) is 2.67. The van der Waals surface area contributed by atoms with Gasteiger partial charge in [0.15, 0.2) is 5.96 Å². The Bertz CT molecular complexity index is 592. The molecule has 2 heterocycles. The Balaban J connectivity index is 0.00000338. The van der Waals surface area contributed by atoms with Crippen molar-refractivity contribution < 1.29 is 14.3 Å². The molecular formula is C17H28IN5O3. The van der Waals surface area contributed by atoms with Crippen molar-refractivity contribution in [2.24, 2.45) is 4.99 Å². The zero-order chi connectivity index (χ0) is 18.1. The molecule has 0 spiro atoms. The van der Waals surface area contributed by atoms with Crippen molar-refractivity contribution in [1.82, 2.24) is 20.5 Å². The minimum atomic E-state index is -0.227. The second-order valence-corrected chi connectivity index (χ2v) is 5.74. The third kappa shape index (κ3) is 6.85. The zero-order valence-corrected chi connectivity index (χ0v) is 17.9. The molecule has 0 atom stereocenters. The topological polar surface area (TPSA) is 88.1 Å². The molecule has 9 heteroatoms. The van der Waals surface area contributed by atoms with Crippen LogP contribution in [0.3, 0.4) is 0 Å². The van der Waals surface area contributed by atoms with Crippen molar-refractivity contribution in [2.75, 3.05) is 33.9 Å². The summed E-state index contributed by atoms with van der Waals surface area (Å²) >= 11 is 0. The Morgan fingerprint density at radius 1 is 1.42 bits per heavy atom. The van der Waals surface area contributed by atoms with E-state index in [1.54, 1.807) is 25.3 Å². The average Bonchev–Trinajstić information content (AvgIpc) is 2.66. The van der Waals surface area contributed by atoms with Gasteiger partial charge in [0.25, 0.3) is 0 Å². The highest BCUT2D eigenvalue weighted by Crippen LogP contribution is 2.12. The van der Waals surface area contributed by atoms with Crippen LogP contribution in [0.2, 0.25) is 0 Å². The number of amides is 1. The zero-order valence-electron chi connectivity index (χ0n) is 15.5. The molecule has 0 radical (unpaired) electrons. The Labute approximate surface area is 171 Å². The maximum Gasteiger partial charge on any atom is 0.409 e. The summed E-state index contributed by atoms with van der Waals surface area (Å²) in [5, 5.41) is 6.70. The molecule has 0 unspecified atom stereocenters. The lowest BCUT2D eigenvalue weighted by atomic mass is 10.1. The maximum absolute atomic E-state index is 11.7. The monoisotopic (exact) mass is 477 g/mol. The molecule has 0 aromatic carbocycles. The lowest BCUT2D eigenvalue weighted by Crippen LogP contribution is -2.49. The minimum absolute atomic E-state index is 0. The number of aromatic nitrogens is 1. The van der Waals surface area contributed by atoms with E-state index < -0.39 is 0 Å². The number of halogens is 1. The highest BCUT2D eigenvalue weighted by Gasteiger charge is 2.23. The molecule has 1 aliphatic heterocycles. The number of piperidine rings is 1. The van der Waals surface area contributed by atoms with Crippen LogP contribution in [-0.4, -0.2) is 61.8 Å². The number of ether oxygens (including phenoxy) is 2. The third-order valence-corrected chi connectivity index (χ3v) is 4.05. The van der Waals surface area contributed by atoms with Crippen molar-refractivity contribution >= 4 is 36.0 Å². The standard InChI is InChI=1S/C17H27N5O3.HI/c1-4-25-17(23)22-9-6-14(7-10-22)21-16(18-2)20-12-13-5-8-19-15(11-13)24-3;/h5,8,11,14H,4,6-7,9-10,12H2,1-3H3,(H2,18,20,21);1H. The second kappa shape index (κ2) is 11.8. The van der Waals surface area contributed by atoms with Crippen LogP contribution in [0.25, 0.3) is 0 Å². The van der Waals surface area contributed by atoms with E-state index in [1.165, 1.54) is 0 Å². The van der Waals surface area contributed by atoms with E-state index in [4.69, 9.17) is 9.47 Å². The van der Waals surface area contributed by atoms with Crippen LogP contribution in [0, 0.1) is 0 Å². The van der Waals surface area contributed by atoms with E-state index in [0.29, 0.717) is 32.1 Å². The fraction of sp³-hybridized carbons (Fsp3) is 0.588. The predicted octanol–water partition coefficient (Wildman–Crippen LogP) is 1.99. The number of carbonyl (C=O) groups is 1. The van der Waals surface area contributed by atoms with E-state index in [2.05, 4.69) is 20.6 Å². The Morgan fingerprint density at radius 2 is 2.15 bits per heavy atom. The van der Waals surface area contributed by atoms with Crippen LogP contribution in [-0.2, 0) is 11.3 Å². The Kier molecular flexibility index (Phi) is 10.1. The molecule has 0 aliphatic carbocycles. The number of guanidine groups is 1. The molecule has 8 nitrogen and oxygen atoms in total. The molecule has 1 amide bonds. The first-order chi connectivity index (χ1) is 12.2. The average molecular weight is 477 g/mol. The van der Waals surface area contributed by atoms with Gasteiger partial charge in [0, 0.05) is 45.0 Å². The minimum Gasteiger partial charge on any atom is -0.481 e. The smallest absolute Gasteiger partial charge is 0.409 e. The molecule has 0 saturated carbocycles. The highest BCUT2D eigenvalue weighted by molar-refractivity contribution is 14.0. The van der Waals surface area contributed by atoms with Gasteiger partial charge in [0.1, 0.15) is 0 Å². The molecule has 146 valence electrons. The number of methoxy groups -OCH3 is 1. The SMILES string of the molecule is CCOC(=O)N1CCC(NC(=NC)NCc2ccnc(OC)c2)CC1.I. The molecule has 2 N–H and O–H groups in total. The van der Waals surface area contributed by atoms with Crippen molar-refractivity contribution in [3.63, 3.8) is 0 Å². The van der Waals surface area contributed by atoms with Crippen LogP contribution in [0.5, 0.6) is 5.88 Å². The molecule has 0 bridgehead atoms. The quantitative estimate of drug-likeness (QED) is 0.383. The van der Waals surface area contributed by atoms with Crippen molar-refractivity contribution in [1.29, 1.82) is 0 Å². The first kappa shape index (κ1) is 22.3. The van der Waals surface area contributed by atoms with Gasteiger partial charge in [-0.2, -0.15) is 0 Å². The molecular weight excluding hydrogens is 449 g/mol. The van der Waals surface area contributed by atoms with Gasteiger partial charge in [-0.15, -0.1) is 24.0 Å². The van der Waals surface area contributed by atoms with E-state index in [-0.39, 0.29) is 36.1 Å². The van der Waals surface area contributed by atoms with Gasteiger partial charge in [-0.25, -0.2) is 9.78 Å². The number of rotatable bonds is 5. The lowest BCUT2D eigenvalue weighted by Gasteiger charge is -2.32. The van der Waals surface area contributed by atoms with E-state index >= 15 is 0 Å². The number of nitrogens with one attached hydrogen (secondary N) is 2. The number of hydrogen-bond donors (Lipinski definition) is 2. The van der Waals surface area contributed by atoms with E-state index in [9.17, 15) is 4.79 Å². The summed E-state index contributed by atoms with van der Waals surface area (Å²) in [5.41, 5.74) is 1.06. The van der Waals surface area contributed by atoms with Gasteiger partial charge in [0.2, 0.25) is 5.88 Å². The van der Waals surface area contributed by atoms with Crippen LogP contribution in [0.4, 0.5) is 4.79 Å². The largest absolute Gasteiger partial charge is 0.481 e. The summed E-state index contributed by atoms with van der Waals surface area (Å²) in [4.78, 5) is 21.8. The first-order valence-corrected chi connectivity index (χ1v) is 8.54. The molecule has 1 saturated heterocycles. The molecule has 1 aromatic heterocycles. The number of pyridine rings is 1. The van der Waals surface area contributed by atoms with Crippen LogP contribution >= 0.6 is 24.0 Å². The summed E-state index contributed by atoms with van der Waals surface area (Å²) < 4.78 is 10.2. The summed E-state index contributed by atoms with van der Waals surface area (Å²) in [6.45, 7) is 4.23. The Morgan fingerprint density at radius 3 is 2.77 bits per heavy atom. The van der Waals surface area contributed by atoms with Gasteiger partial charge >= 0.3 is 6.09 Å². The molecule has 1 aliphatic rings. The van der Waals surface area contributed by atoms with Crippen molar-refractivity contribution in [3.05, 3.63) is 23.9 Å². The number of likely N-dealkylation sites (tertiary alicyclic amines) is 1. The molecule has 1 aromatic rings. The van der Waals surface area contributed by atoms with Crippen LogP contribution in [0.1, 0.15) is 25.3 Å². The number of carbonyl (C=O) groups excluding carboxylic acids is 1. The maximum atomic E-state index is 11.7. The molecule has 1 fully saturated rings.